The fourth-order valence-electron chi connectivity index (χ4n) is 4.28. The van der Waals surface area contributed by atoms with Crippen molar-refractivity contribution in [2.75, 3.05) is 16.4 Å². The molecule has 0 bridgehead atoms. The molecule has 0 aliphatic carbocycles. The van der Waals surface area contributed by atoms with Crippen molar-refractivity contribution in [3.05, 3.63) is 53.6 Å². The van der Waals surface area contributed by atoms with E-state index < -0.39 is 33.3 Å². The first-order chi connectivity index (χ1) is 14.8. The van der Waals surface area contributed by atoms with Gasteiger partial charge in [-0.3, -0.25) is 14.5 Å². The van der Waals surface area contributed by atoms with Crippen LogP contribution in [-0.2, 0) is 20.0 Å². The summed E-state index contributed by atoms with van der Waals surface area (Å²) in [5.74, 6) is -1.02. The average molecular weight is 464 g/mol. The lowest BCUT2D eigenvalue weighted by molar-refractivity contribution is -0.121. The molecule has 0 aromatic heterocycles. The number of amides is 2. The Kier molecular flexibility index (Phi) is 5.04. The van der Waals surface area contributed by atoms with Gasteiger partial charge in [0.2, 0.25) is 5.91 Å². The molecule has 10 heteroatoms. The van der Waals surface area contributed by atoms with Crippen molar-refractivity contribution in [1.29, 1.82) is 0 Å². The zero-order chi connectivity index (χ0) is 23.5. The molecule has 1 saturated heterocycles. The van der Waals surface area contributed by atoms with Gasteiger partial charge in [0.25, 0.3) is 5.91 Å². The lowest BCUT2D eigenvalue weighted by atomic mass is 9.85. The second kappa shape index (κ2) is 7.26. The Bertz CT molecular complexity index is 1210. The Hall–Kier alpha value is -3.01. The highest BCUT2D eigenvalue weighted by atomic mass is 32.2. The highest BCUT2D eigenvalue weighted by Crippen LogP contribution is 2.46. The molecule has 0 saturated carbocycles. The number of anilines is 2. The number of carbonyl (C=O) groups excluding carboxylic acids is 2. The Morgan fingerprint density at radius 2 is 1.81 bits per heavy atom. The molecule has 1 fully saturated rings. The van der Waals surface area contributed by atoms with Crippen molar-refractivity contribution in [2.45, 2.75) is 38.3 Å². The van der Waals surface area contributed by atoms with Gasteiger partial charge in [-0.05, 0) is 56.7 Å². The third-order valence-electron chi connectivity index (χ3n) is 5.70. The summed E-state index contributed by atoms with van der Waals surface area (Å²) in [7, 11) is -3.12. The smallest absolute Gasteiger partial charge is 0.387 e. The first kappa shape index (κ1) is 22.2. The average Bonchev–Trinajstić information content (AvgIpc) is 2.85. The number of ether oxygens (including phenoxy) is 1. The third-order valence-corrected chi connectivity index (χ3v) is 7.86. The van der Waals surface area contributed by atoms with Crippen molar-refractivity contribution in [3.63, 3.8) is 0 Å². The van der Waals surface area contributed by atoms with Gasteiger partial charge in [0.15, 0.2) is 9.84 Å². The maximum Gasteiger partial charge on any atom is 0.387 e. The molecule has 2 aromatic carbocycles. The van der Waals surface area contributed by atoms with E-state index in [2.05, 4.69) is 10.1 Å². The first-order valence-corrected chi connectivity index (χ1v) is 11.7. The summed E-state index contributed by atoms with van der Waals surface area (Å²) in [6.45, 7) is 2.12. The molecule has 0 spiro atoms. The second-order valence-electron chi connectivity index (χ2n) is 8.92. The lowest BCUT2D eigenvalue weighted by Gasteiger charge is -2.38. The van der Waals surface area contributed by atoms with E-state index >= 15 is 0 Å². The molecule has 2 heterocycles. The minimum Gasteiger partial charge on any atom is -0.435 e. The molecule has 0 radical (unpaired) electrons. The van der Waals surface area contributed by atoms with Crippen molar-refractivity contribution in [2.24, 2.45) is 0 Å². The number of carbonyl (C=O) groups is 2. The molecule has 1 N–H and O–H groups in total. The summed E-state index contributed by atoms with van der Waals surface area (Å²) >= 11 is 0. The standard InChI is InChI=1S/C22H22F2N2O5S/c1-21(2)16-9-13(18(27)25-22(3)11-32(29,30)12-22)7-8-17(16)26(19(21)28)14-5-4-6-15(10-14)31-20(23)24/h4-10,20H,11-12H2,1-3H3,(H,25,27). The van der Waals surface area contributed by atoms with Gasteiger partial charge in [-0.2, -0.15) is 8.78 Å². The van der Waals surface area contributed by atoms with Crippen LogP contribution in [0.1, 0.15) is 36.7 Å². The number of benzene rings is 2. The predicted octanol–water partition coefficient (Wildman–Crippen LogP) is 3.16. The largest absolute Gasteiger partial charge is 0.435 e. The summed E-state index contributed by atoms with van der Waals surface area (Å²) in [5, 5.41) is 2.76. The highest BCUT2D eigenvalue weighted by molar-refractivity contribution is 7.93. The zero-order valence-corrected chi connectivity index (χ0v) is 18.5. The Morgan fingerprint density at radius 1 is 1.12 bits per heavy atom. The fourth-order valence-corrected chi connectivity index (χ4v) is 6.28. The number of sulfone groups is 1. The number of hydrogen-bond acceptors (Lipinski definition) is 5. The second-order valence-corrected chi connectivity index (χ2v) is 11.0. The molecule has 2 aliphatic rings. The van der Waals surface area contributed by atoms with E-state index in [-0.39, 0.29) is 23.2 Å². The van der Waals surface area contributed by atoms with Gasteiger partial charge in [0.05, 0.1) is 33.8 Å². The molecule has 0 unspecified atom stereocenters. The van der Waals surface area contributed by atoms with Crippen molar-refractivity contribution >= 4 is 33.0 Å². The summed E-state index contributed by atoms with van der Waals surface area (Å²) in [6, 6.07) is 10.6. The van der Waals surface area contributed by atoms with Crippen molar-refractivity contribution in [1.82, 2.24) is 5.32 Å². The van der Waals surface area contributed by atoms with Crippen LogP contribution in [0.5, 0.6) is 5.75 Å². The van der Waals surface area contributed by atoms with Gasteiger partial charge in [-0.15, -0.1) is 0 Å². The number of hydrogen-bond donors (Lipinski definition) is 1. The minimum absolute atomic E-state index is 0.0729. The van der Waals surface area contributed by atoms with Crippen LogP contribution in [-0.4, -0.2) is 43.9 Å². The van der Waals surface area contributed by atoms with Crippen LogP contribution in [0.4, 0.5) is 20.2 Å². The van der Waals surface area contributed by atoms with E-state index in [0.717, 1.165) is 0 Å². The van der Waals surface area contributed by atoms with E-state index in [1.165, 1.54) is 23.1 Å². The number of fused-ring (bicyclic) bond motifs is 1. The highest BCUT2D eigenvalue weighted by Gasteiger charge is 2.47. The fraction of sp³-hybridized carbons (Fsp3) is 0.364. The number of nitrogens with one attached hydrogen (secondary N) is 1. The summed E-state index contributed by atoms with van der Waals surface area (Å²) < 4.78 is 52.7. The third kappa shape index (κ3) is 3.83. The first-order valence-electron chi connectivity index (χ1n) is 9.88. The normalized spacial score (nSPS) is 19.9. The molecule has 32 heavy (non-hydrogen) atoms. The molecule has 4 rings (SSSR count). The van der Waals surface area contributed by atoms with Gasteiger partial charge in [-0.25, -0.2) is 8.42 Å². The SMILES string of the molecule is CC1(NC(=O)c2ccc3c(c2)C(C)(C)C(=O)N3c2cccc(OC(F)F)c2)CS(=O)(=O)C1. The number of alkyl halides is 2. The Morgan fingerprint density at radius 3 is 2.44 bits per heavy atom. The summed E-state index contributed by atoms with van der Waals surface area (Å²) in [6.07, 6.45) is 0. The van der Waals surface area contributed by atoms with Gasteiger partial charge in [0.1, 0.15) is 5.75 Å². The summed E-state index contributed by atoms with van der Waals surface area (Å²) in [4.78, 5) is 27.4. The Balaban J connectivity index is 1.66. The molecule has 7 nitrogen and oxygen atoms in total. The quantitative estimate of drug-likeness (QED) is 0.734. The molecule has 2 aliphatic heterocycles. The molecular weight excluding hydrogens is 442 g/mol. The molecule has 170 valence electrons. The molecule has 2 aromatic rings. The van der Waals surface area contributed by atoms with Crippen LogP contribution in [0.3, 0.4) is 0 Å². The monoisotopic (exact) mass is 464 g/mol. The van der Waals surface area contributed by atoms with Crippen LogP contribution >= 0.6 is 0 Å². The molecule has 0 atom stereocenters. The Labute approximate surface area is 184 Å². The molecule has 2 amide bonds. The zero-order valence-electron chi connectivity index (χ0n) is 17.7. The predicted molar refractivity (Wildman–Crippen MR) is 114 cm³/mol. The minimum atomic E-state index is -3.12. The van der Waals surface area contributed by atoms with Gasteiger partial charge in [0, 0.05) is 11.6 Å². The van der Waals surface area contributed by atoms with Crippen molar-refractivity contribution < 1.29 is 31.5 Å². The summed E-state index contributed by atoms with van der Waals surface area (Å²) in [5.41, 5.74) is -0.00662. The number of halogens is 2. The van der Waals surface area contributed by atoms with Crippen LogP contribution in [0.15, 0.2) is 42.5 Å². The van der Waals surface area contributed by atoms with E-state index in [1.54, 1.807) is 45.0 Å². The van der Waals surface area contributed by atoms with Crippen LogP contribution < -0.4 is 15.0 Å². The lowest BCUT2D eigenvalue weighted by Crippen LogP contribution is -2.63. The maximum absolute atomic E-state index is 13.2. The number of nitrogens with zero attached hydrogens (tertiary/aromatic N) is 1. The van der Waals surface area contributed by atoms with Crippen LogP contribution in [0.2, 0.25) is 0 Å². The van der Waals surface area contributed by atoms with E-state index in [9.17, 15) is 26.8 Å². The maximum atomic E-state index is 13.2. The number of rotatable bonds is 5. The van der Waals surface area contributed by atoms with E-state index in [0.29, 0.717) is 22.5 Å². The van der Waals surface area contributed by atoms with Crippen LogP contribution in [0.25, 0.3) is 0 Å². The molecular formula is C22H22F2N2O5S. The van der Waals surface area contributed by atoms with Gasteiger partial charge in [-0.1, -0.05) is 6.07 Å². The van der Waals surface area contributed by atoms with Gasteiger partial charge < -0.3 is 10.1 Å². The van der Waals surface area contributed by atoms with Crippen LogP contribution in [0, 0.1) is 0 Å². The van der Waals surface area contributed by atoms with E-state index in [4.69, 9.17) is 0 Å². The van der Waals surface area contributed by atoms with E-state index in [1.807, 2.05) is 0 Å². The van der Waals surface area contributed by atoms with Crippen molar-refractivity contribution in [3.8, 4) is 5.75 Å². The topological polar surface area (TPSA) is 92.8 Å². The van der Waals surface area contributed by atoms with Gasteiger partial charge >= 0.3 is 6.61 Å².